The van der Waals surface area contributed by atoms with Gasteiger partial charge in [0.05, 0.1) is 5.71 Å². The summed E-state index contributed by atoms with van der Waals surface area (Å²) in [4.78, 5) is 4.20. The van der Waals surface area contributed by atoms with Crippen LogP contribution in [0.1, 0.15) is 12.5 Å². The summed E-state index contributed by atoms with van der Waals surface area (Å²) in [5.41, 5.74) is 3.65. The second-order valence-electron chi connectivity index (χ2n) is 5.00. The third-order valence-corrected chi connectivity index (χ3v) is 3.51. The molecular formula is C18H18ClFN2. The minimum Gasteiger partial charge on any atom is -0.381 e. The van der Waals surface area contributed by atoms with Gasteiger partial charge < -0.3 is 5.32 Å². The molecule has 0 unspecified atom stereocenters. The highest BCUT2D eigenvalue weighted by molar-refractivity contribution is 6.30. The summed E-state index contributed by atoms with van der Waals surface area (Å²) >= 11 is 6.00. The molecule has 0 saturated heterocycles. The summed E-state index contributed by atoms with van der Waals surface area (Å²) in [6.07, 6.45) is 6.72. The van der Waals surface area contributed by atoms with Crippen molar-refractivity contribution in [1.82, 2.24) is 0 Å². The summed E-state index contributed by atoms with van der Waals surface area (Å²) in [6, 6.07) is 5.64. The summed E-state index contributed by atoms with van der Waals surface area (Å²) < 4.78 is 13.9. The van der Waals surface area contributed by atoms with Gasteiger partial charge in [-0.2, -0.15) is 0 Å². The Kier molecular flexibility index (Phi) is 5.34. The van der Waals surface area contributed by atoms with Crippen molar-refractivity contribution in [2.75, 3.05) is 11.9 Å². The van der Waals surface area contributed by atoms with Crippen LogP contribution in [0.2, 0.25) is 5.02 Å². The fourth-order valence-corrected chi connectivity index (χ4v) is 2.20. The number of benzene rings is 1. The van der Waals surface area contributed by atoms with Crippen LogP contribution >= 0.6 is 11.6 Å². The van der Waals surface area contributed by atoms with Crippen molar-refractivity contribution in [3.63, 3.8) is 0 Å². The molecule has 0 fully saturated rings. The van der Waals surface area contributed by atoms with E-state index < -0.39 is 0 Å². The Morgan fingerprint density at radius 2 is 2.14 bits per heavy atom. The molecule has 0 aromatic heterocycles. The van der Waals surface area contributed by atoms with Crippen molar-refractivity contribution in [2.24, 2.45) is 4.99 Å². The molecule has 22 heavy (non-hydrogen) atoms. The quantitative estimate of drug-likeness (QED) is 0.792. The SMILES string of the molecule is C=C1C(F)=CC(CNc2cc(Cl)ccc2C)=C/C1=N/C=C\C. The number of rotatable bonds is 4. The predicted octanol–water partition coefficient (Wildman–Crippen LogP) is 5.38. The number of halogens is 2. The number of hydrogen-bond donors (Lipinski definition) is 1. The first-order chi connectivity index (χ1) is 10.5. The highest BCUT2D eigenvalue weighted by Crippen LogP contribution is 2.24. The Morgan fingerprint density at radius 3 is 2.86 bits per heavy atom. The topological polar surface area (TPSA) is 24.4 Å². The molecule has 1 aliphatic rings. The van der Waals surface area contributed by atoms with Crippen molar-refractivity contribution >= 4 is 23.0 Å². The molecule has 0 bridgehead atoms. The van der Waals surface area contributed by atoms with Gasteiger partial charge in [0.15, 0.2) is 0 Å². The maximum atomic E-state index is 13.9. The standard InChI is InChI=1S/C18H18ClFN2/c1-4-7-21-18-9-14(8-16(20)13(18)3)11-22-17-10-15(19)6-5-12(17)2/h4-10,22H,3,11H2,1-2H3/b7-4-,21-18-. The minimum absolute atomic E-state index is 0.306. The molecular weight excluding hydrogens is 299 g/mol. The monoisotopic (exact) mass is 316 g/mol. The van der Waals surface area contributed by atoms with E-state index in [-0.39, 0.29) is 5.83 Å². The van der Waals surface area contributed by atoms with Crippen molar-refractivity contribution in [2.45, 2.75) is 13.8 Å². The highest BCUT2D eigenvalue weighted by atomic mass is 35.5. The van der Waals surface area contributed by atoms with Crippen LogP contribution in [-0.2, 0) is 0 Å². The van der Waals surface area contributed by atoms with Gasteiger partial charge in [-0.1, -0.05) is 30.3 Å². The second-order valence-corrected chi connectivity index (χ2v) is 5.44. The van der Waals surface area contributed by atoms with Crippen LogP contribution in [0.5, 0.6) is 0 Å². The van der Waals surface area contributed by atoms with Gasteiger partial charge in [0.25, 0.3) is 0 Å². The lowest BCUT2D eigenvalue weighted by Gasteiger charge is -2.15. The summed E-state index contributed by atoms with van der Waals surface area (Å²) in [5, 5.41) is 3.93. The molecule has 0 radical (unpaired) electrons. The van der Waals surface area contributed by atoms with Gasteiger partial charge in [-0.25, -0.2) is 4.39 Å². The van der Waals surface area contributed by atoms with Crippen molar-refractivity contribution in [3.05, 3.63) is 76.8 Å². The van der Waals surface area contributed by atoms with Crippen LogP contribution < -0.4 is 5.32 Å². The molecule has 0 atom stereocenters. The third-order valence-electron chi connectivity index (χ3n) is 3.28. The van der Waals surface area contributed by atoms with E-state index >= 15 is 0 Å². The number of anilines is 1. The smallest absolute Gasteiger partial charge is 0.132 e. The third kappa shape index (κ3) is 3.95. The Labute approximate surface area is 135 Å². The van der Waals surface area contributed by atoms with Gasteiger partial charge >= 0.3 is 0 Å². The van der Waals surface area contributed by atoms with Crippen LogP contribution in [0.3, 0.4) is 0 Å². The summed E-state index contributed by atoms with van der Waals surface area (Å²) in [7, 11) is 0. The predicted molar refractivity (Wildman–Crippen MR) is 93.3 cm³/mol. The maximum Gasteiger partial charge on any atom is 0.132 e. The fraction of sp³-hybridized carbons (Fsp3) is 0.167. The first-order valence-corrected chi connectivity index (χ1v) is 7.35. The second kappa shape index (κ2) is 7.23. The molecule has 2 rings (SSSR count). The zero-order valence-corrected chi connectivity index (χ0v) is 13.4. The van der Waals surface area contributed by atoms with Crippen molar-refractivity contribution < 1.29 is 4.39 Å². The van der Waals surface area contributed by atoms with Gasteiger partial charge in [0.2, 0.25) is 0 Å². The van der Waals surface area contributed by atoms with Gasteiger partial charge in [0, 0.05) is 29.0 Å². The van der Waals surface area contributed by atoms with E-state index in [1.54, 1.807) is 12.3 Å². The molecule has 4 heteroatoms. The maximum absolute atomic E-state index is 13.9. The number of nitrogens with zero attached hydrogens (tertiary/aromatic N) is 1. The van der Waals surface area contributed by atoms with E-state index in [1.165, 1.54) is 6.08 Å². The number of hydrogen-bond acceptors (Lipinski definition) is 2. The lowest BCUT2D eigenvalue weighted by molar-refractivity contribution is 0.658. The zero-order chi connectivity index (χ0) is 16.1. The molecule has 2 nitrogen and oxygen atoms in total. The van der Waals surface area contributed by atoms with E-state index in [1.807, 2.05) is 38.1 Å². The minimum atomic E-state index is -0.356. The molecule has 0 heterocycles. The van der Waals surface area contributed by atoms with Gasteiger partial charge in [0.1, 0.15) is 5.83 Å². The van der Waals surface area contributed by atoms with Crippen LogP contribution in [0.15, 0.2) is 71.2 Å². The Morgan fingerprint density at radius 1 is 1.36 bits per heavy atom. The average molecular weight is 317 g/mol. The number of nitrogens with one attached hydrogen (secondary N) is 1. The molecule has 1 aliphatic carbocycles. The molecule has 0 spiro atoms. The van der Waals surface area contributed by atoms with Crippen LogP contribution in [0.25, 0.3) is 0 Å². The molecule has 0 amide bonds. The number of aliphatic imine (C=N–C) groups is 1. The Hall–Kier alpha value is -2.13. The van der Waals surface area contributed by atoms with E-state index in [2.05, 4.69) is 16.9 Å². The highest BCUT2D eigenvalue weighted by Gasteiger charge is 2.14. The van der Waals surface area contributed by atoms with Gasteiger partial charge in [-0.15, -0.1) is 0 Å². The molecule has 1 N–H and O–H groups in total. The fourth-order valence-electron chi connectivity index (χ4n) is 2.03. The van der Waals surface area contributed by atoms with Gasteiger partial charge in [-0.3, -0.25) is 4.99 Å². The van der Waals surface area contributed by atoms with E-state index in [9.17, 15) is 4.39 Å². The average Bonchev–Trinajstić information content (AvgIpc) is 2.50. The first kappa shape index (κ1) is 16.2. The molecule has 1 aromatic carbocycles. The largest absolute Gasteiger partial charge is 0.381 e. The van der Waals surface area contributed by atoms with Crippen molar-refractivity contribution in [3.8, 4) is 0 Å². The van der Waals surface area contributed by atoms with Crippen molar-refractivity contribution in [1.29, 1.82) is 0 Å². The first-order valence-electron chi connectivity index (χ1n) is 6.97. The Bertz CT molecular complexity index is 712. The molecule has 0 saturated carbocycles. The van der Waals surface area contributed by atoms with Crippen LogP contribution in [-0.4, -0.2) is 12.3 Å². The lowest BCUT2D eigenvalue weighted by Crippen LogP contribution is -2.11. The zero-order valence-electron chi connectivity index (χ0n) is 12.7. The number of aryl methyl sites for hydroxylation is 1. The van der Waals surface area contributed by atoms with Crippen LogP contribution in [0, 0.1) is 6.92 Å². The Balaban J connectivity index is 2.18. The molecule has 1 aromatic rings. The van der Waals surface area contributed by atoms with E-state index in [4.69, 9.17) is 11.6 Å². The summed E-state index contributed by atoms with van der Waals surface area (Å²) in [6.45, 7) is 8.05. The van der Waals surface area contributed by atoms with Gasteiger partial charge in [-0.05, 0) is 49.3 Å². The lowest BCUT2D eigenvalue weighted by atomic mass is 10.00. The normalized spacial score (nSPS) is 16.9. The van der Waals surface area contributed by atoms with E-state index in [0.29, 0.717) is 22.9 Å². The molecule has 0 aliphatic heterocycles. The van der Waals surface area contributed by atoms with E-state index in [0.717, 1.165) is 16.8 Å². The number of allylic oxidation sites excluding steroid dienone is 4. The summed E-state index contributed by atoms with van der Waals surface area (Å²) in [5.74, 6) is -0.356. The molecule has 114 valence electrons. The van der Waals surface area contributed by atoms with Crippen LogP contribution in [0.4, 0.5) is 10.1 Å².